The lowest BCUT2D eigenvalue weighted by Gasteiger charge is -2.08. The van der Waals surface area contributed by atoms with Gasteiger partial charge in [0.1, 0.15) is 6.17 Å². The van der Waals surface area contributed by atoms with Crippen LogP contribution in [-0.2, 0) is 6.42 Å². The Balaban J connectivity index is 2.87. The molecule has 4 heteroatoms. The first-order chi connectivity index (χ1) is 6.15. The molecule has 0 aliphatic rings. The van der Waals surface area contributed by atoms with Gasteiger partial charge in [-0.2, -0.15) is 0 Å². The second-order valence-electron chi connectivity index (χ2n) is 2.74. The zero-order valence-corrected chi connectivity index (χ0v) is 8.45. The zero-order valence-electron chi connectivity index (χ0n) is 6.93. The van der Waals surface area contributed by atoms with E-state index in [9.17, 15) is 4.39 Å². The van der Waals surface area contributed by atoms with Gasteiger partial charge < -0.3 is 5.73 Å². The van der Waals surface area contributed by atoms with Gasteiger partial charge in [-0.15, -0.1) is 0 Å². The molecule has 1 atom stereocenters. The Bertz CT molecular complexity index is 271. The van der Waals surface area contributed by atoms with E-state index in [1.165, 1.54) is 0 Å². The maximum Gasteiger partial charge on any atom is 0.116 e. The lowest BCUT2D eigenvalue weighted by atomic mass is 10.1. The lowest BCUT2D eigenvalue weighted by molar-refractivity contribution is 0.340. The fourth-order valence-corrected chi connectivity index (χ4v) is 1.58. The van der Waals surface area contributed by atoms with Crippen molar-refractivity contribution in [1.82, 2.24) is 0 Å². The predicted octanol–water partition coefficient (Wildman–Crippen LogP) is 2.83. The SMILES string of the molecule is NCC(F)Cc1c(Cl)cccc1Cl. The Morgan fingerprint density at radius 3 is 2.31 bits per heavy atom. The fraction of sp³-hybridized carbons (Fsp3) is 0.333. The molecule has 1 rings (SSSR count). The number of halogens is 3. The van der Waals surface area contributed by atoms with Gasteiger partial charge >= 0.3 is 0 Å². The molecule has 0 fully saturated rings. The summed E-state index contributed by atoms with van der Waals surface area (Å²) in [7, 11) is 0. The number of hydrogen-bond acceptors (Lipinski definition) is 1. The van der Waals surface area contributed by atoms with Crippen LogP contribution in [0.2, 0.25) is 10.0 Å². The molecule has 1 aromatic rings. The Labute approximate surface area is 86.6 Å². The van der Waals surface area contributed by atoms with Gasteiger partial charge in [-0.25, -0.2) is 4.39 Å². The predicted molar refractivity (Wildman–Crippen MR) is 54.1 cm³/mol. The summed E-state index contributed by atoms with van der Waals surface area (Å²) in [6.45, 7) is -0.0123. The summed E-state index contributed by atoms with van der Waals surface area (Å²) >= 11 is 11.7. The summed E-state index contributed by atoms with van der Waals surface area (Å²) in [6, 6.07) is 5.10. The van der Waals surface area contributed by atoms with Gasteiger partial charge in [0, 0.05) is 23.0 Å². The molecular weight excluding hydrogens is 212 g/mol. The van der Waals surface area contributed by atoms with Gasteiger partial charge in [-0.1, -0.05) is 29.3 Å². The van der Waals surface area contributed by atoms with Crippen molar-refractivity contribution in [3.05, 3.63) is 33.8 Å². The van der Waals surface area contributed by atoms with E-state index in [0.717, 1.165) is 0 Å². The van der Waals surface area contributed by atoms with Crippen molar-refractivity contribution in [2.75, 3.05) is 6.54 Å². The van der Waals surface area contributed by atoms with Crippen molar-refractivity contribution in [1.29, 1.82) is 0 Å². The summed E-state index contributed by atoms with van der Waals surface area (Å²) < 4.78 is 12.9. The van der Waals surface area contributed by atoms with E-state index < -0.39 is 6.17 Å². The molecule has 1 unspecified atom stereocenters. The molecule has 72 valence electrons. The quantitative estimate of drug-likeness (QED) is 0.835. The molecule has 0 saturated heterocycles. The van der Waals surface area contributed by atoms with Crippen molar-refractivity contribution in [3.63, 3.8) is 0 Å². The highest BCUT2D eigenvalue weighted by atomic mass is 35.5. The van der Waals surface area contributed by atoms with E-state index in [1.807, 2.05) is 0 Å². The lowest BCUT2D eigenvalue weighted by Crippen LogP contribution is -2.17. The van der Waals surface area contributed by atoms with Crippen LogP contribution in [0.3, 0.4) is 0 Å². The number of alkyl halides is 1. The minimum absolute atomic E-state index is 0.0123. The third kappa shape index (κ3) is 2.83. The number of rotatable bonds is 3. The monoisotopic (exact) mass is 221 g/mol. The van der Waals surface area contributed by atoms with Gasteiger partial charge in [0.2, 0.25) is 0 Å². The van der Waals surface area contributed by atoms with Crippen LogP contribution in [0.5, 0.6) is 0 Å². The third-order valence-electron chi connectivity index (χ3n) is 1.74. The first kappa shape index (κ1) is 10.8. The topological polar surface area (TPSA) is 26.0 Å². The van der Waals surface area contributed by atoms with Crippen molar-refractivity contribution in [2.24, 2.45) is 5.73 Å². The first-order valence-corrected chi connectivity index (χ1v) is 4.67. The highest BCUT2D eigenvalue weighted by molar-refractivity contribution is 6.35. The molecule has 0 aliphatic carbocycles. The molecule has 0 saturated carbocycles. The van der Waals surface area contributed by atoms with E-state index in [1.54, 1.807) is 18.2 Å². The van der Waals surface area contributed by atoms with Crippen molar-refractivity contribution < 1.29 is 4.39 Å². The van der Waals surface area contributed by atoms with Crippen LogP contribution >= 0.6 is 23.2 Å². The number of benzene rings is 1. The summed E-state index contributed by atoms with van der Waals surface area (Å²) in [5.41, 5.74) is 5.79. The van der Waals surface area contributed by atoms with E-state index in [0.29, 0.717) is 15.6 Å². The highest BCUT2D eigenvalue weighted by Crippen LogP contribution is 2.25. The Kier molecular flexibility index (Phi) is 3.97. The maximum absolute atomic E-state index is 12.9. The standard InChI is InChI=1S/C9H10Cl2FN/c10-8-2-1-3-9(11)7(8)4-6(12)5-13/h1-3,6H,4-5,13H2. The van der Waals surface area contributed by atoms with Crippen molar-refractivity contribution in [3.8, 4) is 0 Å². The summed E-state index contributed by atoms with van der Waals surface area (Å²) in [5.74, 6) is 0. The zero-order chi connectivity index (χ0) is 9.84. The van der Waals surface area contributed by atoms with Crippen LogP contribution in [0.15, 0.2) is 18.2 Å². The van der Waals surface area contributed by atoms with Gasteiger partial charge in [0.05, 0.1) is 0 Å². The van der Waals surface area contributed by atoms with E-state index in [2.05, 4.69) is 0 Å². The molecule has 0 bridgehead atoms. The minimum atomic E-state index is -1.09. The first-order valence-electron chi connectivity index (χ1n) is 3.92. The average molecular weight is 222 g/mol. The fourth-order valence-electron chi connectivity index (χ4n) is 1.03. The van der Waals surface area contributed by atoms with Gasteiger partial charge in [-0.3, -0.25) is 0 Å². The Morgan fingerprint density at radius 1 is 1.31 bits per heavy atom. The van der Waals surface area contributed by atoms with Crippen LogP contribution in [0.4, 0.5) is 4.39 Å². The second-order valence-corrected chi connectivity index (χ2v) is 3.55. The molecule has 13 heavy (non-hydrogen) atoms. The molecular formula is C9H10Cl2FN. The van der Waals surface area contributed by atoms with Crippen molar-refractivity contribution in [2.45, 2.75) is 12.6 Å². The molecule has 0 aromatic heterocycles. The van der Waals surface area contributed by atoms with Crippen molar-refractivity contribution >= 4 is 23.2 Å². The maximum atomic E-state index is 12.9. The number of nitrogens with two attached hydrogens (primary N) is 1. The van der Waals surface area contributed by atoms with Crippen LogP contribution < -0.4 is 5.73 Å². The summed E-state index contributed by atoms with van der Waals surface area (Å²) in [5, 5.41) is 0.979. The van der Waals surface area contributed by atoms with Crippen LogP contribution in [0.25, 0.3) is 0 Å². The molecule has 1 nitrogen and oxygen atoms in total. The van der Waals surface area contributed by atoms with Crippen LogP contribution in [-0.4, -0.2) is 12.7 Å². The van der Waals surface area contributed by atoms with Gasteiger partial charge in [0.15, 0.2) is 0 Å². The number of hydrogen-bond donors (Lipinski definition) is 1. The normalized spacial score (nSPS) is 12.9. The molecule has 0 amide bonds. The molecule has 1 aromatic carbocycles. The average Bonchev–Trinajstić information content (AvgIpc) is 2.11. The third-order valence-corrected chi connectivity index (χ3v) is 2.45. The largest absolute Gasteiger partial charge is 0.328 e. The Morgan fingerprint density at radius 2 is 1.85 bits per heavy atom. The molecule has 0 spiro atoms. The second kappa shape index (κ2) is 4.80. The van der Waals surface area contributed by atoms with Gasteiger partial charge in [-0.05, 0) is 17.7 Å². The molecule has 2 N–H and O–H groups in total. The van der Waals surface area contributed by atoms with Crippen LogP contribution in [0.1, 0.15) is 5.56 Å². The Hall–Kier alpha value is -0.310. The van der Waals surface area contributed by atoms with E-state index >= 15 is 0 Å². The molecule has 0 aliphatic heterocycles. The van der Waals surface area contributed by atoms with Gasteiger partial charge in [0.25, 0.3) is 0 Å². The smallest absolute Gasteiger partial charge is 0.116 e. The minimum Gasteiger partial charge on any atom is -0.328 e. The van der Waals surface area contributed by atoms with E-state index in [-0.39, 0.29) is 13.0 Å². The molecule has 0 heterocycles. The summed E-state index contributed by atoms with van der Waals surface area (Å²) in [4.78, 5) is 0. The molecule has 0 radical (unpaired) electrons. The van der Waals surface area contributed by atoms with E-state index in [4.69, 9.17) is 28.9 Å². The van der Waals surface area contributed by atoms with Crippen LogP contribution in [0, 0.1) is 0 Å². The highest BCUT2D eigenvalue weighted by Gasteiger charge is 2.11. The summed E-state index contributed by atoms with van der Waals surface area (Å²) in [6.07, 6.45) is -0.910.